The number of amides is 1. The van der Waals surface area contributed by atoms with E-state index in [-0.39, 0.29) is 5.91 Å². The van der Waals surface area contributed by atoms with Crippen molar-refractivity contribution in [1.29, 1.82) is 0 Å². The molecule has 0 unspecified atom stereocenters. The average molecular weight is 285 g/mol. The maximum atomic E-state index is 12.8. The van der Waals surface area contributed by atoms with Crippen molar-refractivity contribution in [1.82, 2.24) is 0 Å². The summed E-state index contributed by atoms with van der Waals surface area (Å²) >= 11 is 0. The fourth-order valence-corrected chi connectivity index (χ4v) is 3.58. The van der Waals surface area contributed by atoms with Gasteiger partial charge in [0.15, 0.2) is 11.4 Å². The van der Waals surface area contributed by atoms with Crippen LogP contribution in [0.2, 0.25) is 0 Å². The normalized spacial score (nSPS) is 34.7. The number of anilines is 1. The molecule has 0 bridgehead atoms. The van der Waals surface area contributed by atoms with Crippen LogP contribution in [0.15, 0.2) is 36.4 Å². The minimum Gasteiger partial charge on any atom is -0.346 e. The summed E-state index contributed by atoms with van der Waals surface area (Å²) in [7, 11) is 1.80. The number of carbonyl (C=O) groups excluding carboxylic acids is 1. The van der Waals surface area contributed by atoms with Gasteiger partial charge in [0.2, 0.25) is 0 Å². The minimum atomic E-state index is -1.00. The highest BCUT2D eigenvalue weighted by atomic mass is 16.7. The topological polar surface area (TPSA) is 38.8 Å². The van der Waals surface area contributed by atoms with E-state index in [1.54, 1.807) is 11.9 Å². The van der Waals surface area contributed by atoms with Gasteiger partial charge in [0.05, 0.1) is 12.3 Å². The second-order valence-corrected chi connectivity index (χ2v) is 6.02. The molecule has 2 spiro atoms. The highest BCUT2D eigenvalue weighted by molar-refractivity contribution is 6.08. The Balaban J connectivity index is 1.77. The third-order valence-corrected chi connectivity index (χ3v) is 4.71. The van der Waals surface area contributed by atoms with Gasteiger partial charge in [-0.3, -0.25) is 4.79 Å². The third kappa shape index (κ3) is 1.72. The third-order valence-electron chi connectivity index (χ3n) is 4.71. The van der Waals surface area contributed by atoms with Crippen molar-refractivity contribution in [3.8, 4) is 0 Å². The summed E-state index contributed by atoms with van der Waals surface area (Å²) in [4.78, 5) is 14.5. The summed E-state index contributed by atoms with van der Waals surface area (Å²) in [5, 5.41) is 0. The highest BCUT2D eigenvalue weighted by Gasteiger charge is 2.57. The number of rotatable bonds is 0. The van der Waals surface area contributed by atoms with Crippen LogP contribution in [0.4, 0.5) is 5.69 Å². The summed E-state index contributed by atoms with van der Waals surface area (Å²) < 4.78 is 12.3. The van der Waals surface area contributed by atoms with E-state index >= 15 is 0 Å². The van der Waals surface area contributed by atoms with Crippen LogP contribution in [-0.2, 0) is 19.9 Å². The van der Waals surface area contributed by atoms with E-state index < -0.39 is 11.4 Å². The van der Waals surface area contributed by atoms with Gasteiger partial charge >= 0.3 is 0 Å². The summed E-state index contributed by atoms with van der Waals surface area (Å²) in [6, 6.07) is 7.82. The Kier molecular flexibility index (Phi) is 2.75. The zero-order valence-corrected chi connectivity index (χ0v) is 12.2. The lowest BCUT2D eigenvalue weighted by molar-refractivity contribution is -0.233. The van der Waals surface area contributed by atoms with Crippen molar-refractivity contribution in [2.75, 3.05) is 18.6 Å². The summed E-state index contributed by atoms with van der Waals surface area (Å²) in [6.45, 7) is 0.687. The number of benzene rings is 1. The Bertz CT molecular complexity index is 616. The smallest absolute Gasteiger partial charge is 0.267 e. The fourth-order valence-electron chi connectivity index (χ4n) is 3.58. The lowest BCUT2D eigenvalue weighted by Crippen LogP contribution is -2.43. The Hall–Kier alpha value is -1.65. The molecule has 0 aliphatic carbocycles. The largest absolute Gasteiger partial charge is 0.346 e. The van der Waals surface area contributed by atoms with Gasteiger partial charge in [0.1, 0.15) is 0 Å². The Labute approximate surface area is 124 Å². The van der Waals surface area contributed by atoms with E-state index in [4.69, 9.17) is 9.47 Å². The van der Waals surface area contributed by atoms with Gasteiger partial charge in [0, 0.05) is 19.0 Å². The predicted molar refractivity (Wildman–Crippen MR) is 78.9 cm³/mol. The van der Waals surface area contributed by atoms with Crippen LogP contribution >= 0.6 is 0 Å². The molecule has 1 aromatic carbocycles. The Morgan fingerprint density at radius 2 is 2.00 bits per heavy atom. The van der Waals surface area contributed by atoms with E-state index in [2.05, 4.69) is 0 Å². The van der Waals surface area contributed by atoms with Crippen molar-refractivity contribution in [3.63, 3.8) is 0 Å². The second-order valence-electron chi connectivity index (χ2n) is 6.02. The molecule has 1 amide bonds. The van der Waals surface area contributed by atoms with Crippen molar-refractivity contribution in [3.05, 3.63) is 42.0 Å². The van der Waals surface area contributed by atoms with Gasteiger partial charge in [0.25, 0.3) is 5.91 Å². The van der Waals surface area contributed by atoms with Gasteiger partial charge in [-0.2, -0.15) is 0 Å². The van der Waals surface area contributed by atoms with Crippen molar-refractivity contribution >= 4 is 11.6 Å². The Morgan fingerprint density at radius 1 is 1.14 bits per heavy atom. The molecule has 3 aliphatic rings. The van der Waals surface area contributed by atoms with Crippen LogP contribution in [-0.4, -0.2) is 25.3 Å². The van der Waals surface area contributed by atoms with Crippen LogP contribution in [0.5, 0.6) is 0 Å². The molecule has 3 heterocycles. The van der Waals surface area contributed by atoms with E-state index in [9.17, 15) is 4.79 Å². The minimum absolute atomic E-state index is 0.0373. The van der Waals surface area contributed by atoms with Gasteiger partial charge in [-0.15, -0.1) is 0 Å². The molecule has 4 heteroatoms. The predicted octanol–water partition coefficient (Wildman–Crippen LogP) is 2.73. The number of hydrogen-bond acceptors (Lipinski definition) is 3. The number of fused-ring (bicyclic) bond motifs is 2. The van der Waals surface area contributed by atoms with Gasteiger partial charge in [-0.1, -0.05) is 24.6 Å². The first kappa shape index (κ1) is 13.0. The van der Waals surface area contributed by atoms with Crippen LogP contribution in [0.1, 0.15) is 31.2 Å². The molecular formula is C17H19NO3. The van der Waals surface area contributed by atoms with Crippen molar-refractivity contribution < 1.29 is 14.3 Å². The van der Waals surface area contributed by atoms with Crippen LogP contribution in [0.3, 0.4) is 0 Å². The molecule has 110 valence electrons. The van der Waals surface area contributed by atoms with E-state index in [0.29, 0.717) is 6.61 Å². The van der Waals surface area contributed by atoms with Gasteiger partial charge in [-0.05, 0) is 31.1 Å². The highest BCUT2D eigenvalue weighted by Crippen LogP contribution is 2.50. The lowest BCUT2D eigenvalue weighted by Gasteiger charge is -2.31. The fraction of sp³-hybridized carbons (Fsp3) is 0.471. The number of para-hydroxylation sites is 1. The second kappa shape index (κ2) is 4.42. The molecule has 0 radical (unpaired) electrons. The number of carbonyl (C=O) groups is 1. The molecule has 0 aromatic heterocycles. The molecule has 2 atom stereocenters. The molecule has 21 heavy (non-hydrogen) atoms. The van der Waals surface area contributed by atoms with Crippen molar-refractivity contribution in [2.45, 2.75) is 37.1 Å². The molecule has 1 fully saturated rings. The summed E-state index contributed by atoms with van der Waals surface area (Å²) in [5.74, 6) is -0.769. The van der Waals surface area contributed by atoms with Crippen LogP contribution in [0.25, 0.3) is 0 Å². The first-order valence-corrected chi connectivity index (χ1v) is 7.59. The van der Waals surface area contributed by atoms with E-state index in [0.717, 1.165) is 36.9 Å². The first-order valence-electron chi connectivity index (χ1n) is 7.59. The molecule has 0 saturated carbocycles. The molecule has 4 nitrogen and oxygen atoms in total. The maximum absolute atomic E-state index is 12.8. The molecule has 0 N–H and O–H groups in total. The van der Waals surface area contributed by atoms with Crippen molar-refractivity contribution in [2.24, 2.45) is 0 Å². The molecule has 1 saturated heterocycles. The van der Waals surface area contributed by atoms with E-state index in [1.165, 1.54) is 0 Å². The number of hydrogen-bond donors (Lipinski definition) is 0. The number of nitrogens with zero attached hydrogens (tertiary/aromatic N) is 1. The standard InChI is InChI=1S/C17H19NO3/c1-18-14-8-4-3-7-13(14)17(15(18)19)11-10-16(21-17)9-5-2-6-12-20-16/h3-4,7-8,10-11H,2,5-6,9,12H2,1H3/t16-,17+/m0/s1. The molecular weight excluding hydrogens is 266 g/mol. The monoisotopic (exact) mass is 285 g/mol. The summed E-state index contributed by atoms with van der Waals surface area (Å²) in [6.07, 6.45) is 7.92. The van der Waals surface area contributed by atoms with Crippen LogP contribution in [0, 0.1) is 0 Å². The zero-order valence-electron chi connectivity index (χ0n) is 12.2. The van der Waals surface area contributed by atoms with E-state index in [1.807, 2.05) is 36.4 Å². The number of ether oxygens (including phenoxy) is 2. The Morgan fingerprint density at radius 3 is 2.90 bits per heavy atom. The average Bonchev–Trinajstić information content (AvgIpc) is 2.85. The SMILES string of the molecule is CN1C(=O)[C@@]2(C=C[C@]3(CCCCCO3)O2)c2ccccc21. The zero-order chi connectivity index (χ0) is 14.5. The van der Waals surface area contributed by atoms with Gasteiger partial charge < -0.3 is 14.4 Å². The van der Waals surface area contributed by atoms with Gasteiger partial charge in [-0.25, -0.2) is 0 Å². The molecule has 3 aliphatic heterocycles. The quantitative estimate of drug-likeness (QED) is 0.688. The first-order chi connectivity index (χ1) is 10.2. The molecule has 1 aromatic rings. The summed E-state index contributed by atoms with van der Waals surface area (Å²) in [5.41, 5.74) is 0.826. The lowest BCUT2D eigenvalue weighted by atomic mass is 9.96. The molecule has 4 rings (SSSR count). The maximum Gasteiger partial charge on any atom is 0.267 e. The van der Waals surface area contributed by atoms with Crippen LogP contribution < -0.4 is 4.90 Å². The number of likely N-dealkylation sites (N-methyl/N-ethyl adjacent to an activating group) is 1.